The fourth-order valence-corrected chi connectivity index (χ4v) is 7.01. The minimum absolute atomic E-state index is 0.0518. The molecule has 0 fully saturated rings. The van der Waals surface area contributed by atoms with Crippen molar-refractivity contribution in [2.45, 2.75) is 42.8 Å². The summed E-state index contributed by atoms with van der Waals surface area (Å²) in [5.74, 6) is -0.338. The van der Waals surface area contributed by atoms with E-state index in [0.717, 1.165) is 15.3 Å². The quantitative estimate of drug-likeness (QED) is 0.0909. The molecule has 0 aliphatic carbocycles. The molecule has 0 spiro atoms. The van der Waals surface area contributed by atoms with Crippen molar-refractivity contribution in [2.24, 2.45) is 0 Å². The van der Waals surface area contributed by atoms with Crippen LogP contribution in [0.25, 0.3) is 11.0 Å². The Bertz CT molecular complexity index is 1890. The highest BCUT2D eigenvalue weighted by Crippen LogP contribution is 2.36. The van der Waals surface area contributed by atoms with Crippen molar-refractivity contribution < 1.29 is 41.7 Å². The van der Waals surface area contributed by atoms with E-state index in [-0.39, 0.29) is 55.2 Å². The first-order chi connectivity index (χ1) is 24.2. The van der Waals surface area contributed by atoms with Gasteiger partial charge in [0.2, 0.25) is 22.2 Å². The number of benzene rings is 3. The second-order valence-corrected chi connectivity index (χ2v) is 13.6. The maximum atomic E-state index is 13.3. The number of allylic oxidation sites excluding steroid dienone is 1. The van der Waals surface area contributed by atoms with Crippen LogP contribution in [0.2, 0.25) is 0 Å². The van der Waals surface area contributed by atoms with Crippen LogP contribution in [0.15, 0.2) is 100 Å². The summed E-state index contributed by atoms with van der Waals surface area (Å²) in [6.07, 6.45) is 4.20. The van der Waals surface area contributed by atoms with Crippen LogP contribution in [0, 0.1) is 0 Å². The third kappa shape index (κ3) is 9.21. The Labute approximate surface area is 291 Å². The van der Waals surface area contributed by atoms with Crippen LogP contribution < -0.4 is 21.1 Å². The van der Waals surface area contributed by atoms with Crippen molar-refractivity contribution in [1.29, 1.82) is 0 Å². The predicted molar refractivity (Wildman–Crippen MR) is 188 cm³/mol. The van der Waals surface area contributed by atoms with Gasteiger partial charge in [0.25, 0.3) is 5.91 Å². The van der Waals surface area contributed by atoms with Gasteiger partial charge >= 0.3 is 0 Å². The molecule has 0 saturated heterocycles. The number of unbranched alkanes of at least 4 members (excludes halogenated alkanes) is 1. The highest BCUT2D eigenvalue weighted by atomic mass is 32.2. The summed E-state index contributed by atoms with van der Waals surface area (Å²) in [6, 6.07) is 20.6. The Morgan fingerprint density at radius 3 is 2.54 bits per heavy atom. The minimum atomic E-state index is -3.95. The average Bonchev–Trinajstić information content (AvgIpc) is 3.56. The summed E-state index contributed by atoms with van der Waals surface area (Å²) in [5, 5.41) is 16.2. The molecule has 14 heteroatoms. The molecule has 0 saturated carbocycles. The molecule has 5 N–H and O–H groups in total. The molecule has 4 aromatic rings. The fourth-order valence-electron chi connectivity index (χ4n) is 5.59. The molecule has 1 aliphatic heterocycles. The van der Waals surface area contributed by atoms with E-state index in [1.807, 2.05) is 24.3 Å². The number of hydrogen-bond acceptors (Lipinski definition) is 10. The second kappa shape index (κ2) is 17.2. The zero-order chi connectivity index (χ0) is 35.5. The number of aliphatic hydroxyl groups is 1. The monoisotopic (exact) mass is 706 g/mol. The molecule has 266 valence electrons. The van der Waals surface area contributed by atoms with Crippen LogP contribution in [0.4, 0.5) is 11.4 Å². The number of methoxy groups -OCH3 is 1. The van der Waals surface area contributed by atoms with Crippen molar-refractivity contribution in [2.75, 3.05) is 51.0 Å². The van der Waals surface area contributed by atoms with Gasteiger partial charge in [0.1, 0.15) is 11.3 Å². The number of ether oxygens (including phenoxy) is 3. The number of nitrogens with two attached hydrogens (primary N) is 1. The predicted octanol–water partition coefficient (Wildman–Crippen LogP) is 4.36. The zero-order valence-electron chi connectivity index (χ0n) is 27.7. The number of fused-ring (bicyclic) bond motifs is 1. The smallest absolute Gasteiger partial charge is 0.286 e. The number of furan rings is 1. The average molecular weight is 707 g/mol. The summed E-state index contributed by atoms with van der Waals surface area (Å²) in [4.78, 5) is 25.7. The van der Waals surface area contributed by atoms with E-state index in [4.69, 9.17) is 24.4 Å². The SMILES string of the molecule is COc1ccc(S(=O)(=O)N(CCO)CCO[C@H]2C[C@@H](c3coc4ccccc34)C=C(C(=O)NCCCCC(=O)Nc3ccccc3N)O2)cc1. The highest BCUT2D eigenvalue weighted by Gasteiger charge is 2.31. The highest BCUT2D eigenvalue weighted by molar-refractivity contribution is 7.89. The zero-order valence-corrected chi connectivity index (χ0v) is 28.6. The number of para-hydroxylation sites is 3. The first-order valence-electron chi connectivity index (χ1n) is 16.3. The summed E-state index contributed by atoms with van der Waals surface area (Å²) < 4.78 is 50.7. The van der Waals surface area contributed by atoms with Gasteiger partial charge in [0.15, 0.2) is 5.76 Å². The molecule has 0 unspecified atom stereocenters. The van der Waals surface area contributed by atoms with E-state index < -0.39 is 22.2 Å². The molecule has 2 amide bonds. The van der Waals surface area contributed by atoms with E-state index in [0.29, 0.717) is 48.5 Å². The lowest BCUT2D eigenvalue weighted by Crippen LogP contribution is -2.38. The van der Waals surface area contributed by atoms with Gasteiger partial charge in [-0.2, -0.15) is 4.31 Å². The number of anilines is 2. The van der Waals surface area contributed by atoms with E-state index in [1.54, 1.807) is 48.7 Å². The number of aliphatic hydroxyl groups excluding tert-OH is 1. The summed E-state index contributed by atoms with van der Waals surface area (Å²) >= 11 is 0. The van der Waals surface area contributed by atoms with Crippen LogP contribution in [0.5, 0.6) is 5.75 Å². The van der Waals surface area contributed by atoms with Gasteiger partial charge in [-0.25, -0.2) is 8.42 Å². The minimum Gasteiger partial charge on any atom is -0.497 e. The molecule has 2 atom stereocenters. The number of nitrogens with zero attached hydrogens (tertiary/aromatic N) is 1. The lowest BCUT2D eigenvalue weighted by molar-refractivity contribution is -0.146. The number of carbonyl (C=O) groups excluding carboxylic acids is 2. The van der Waals surface area contributed by atoms with E-state index in [1.165, 1.54) is 19.2 Å². The maximum Gasteiger partial charge on any atom is 0.286 e. The summed E-state index contributed by atoms with van der Waals surface area (Å²) in [7, 11) is -2.46. The Balaban J connectivity index is 1.20. The lowest BCUT2D eigenvalue weighted by atomic mass is 9.92. The van der Waals surface area contributed by atoms with Crippen LogP contribution >= 0.6 is 0 Å². The third-order valence-corrected chi connectivity index (χ3v) is 10.1. The standard InChI is InChI=1S/C36H42N4O9S/c1-46-26-13-15-27(16-14-26)50(44,45)40(18-20-41)19-21-47-35-23-25(29-24-48-32-11-5-2-8-28(29)32)22-33(49-35)36(43)38-17-7-6-12-34(42)39-31-10-4-3-9-30(31)37/h2-5,8-11,13-16,22,24-25,35,41H,6-7,12,17-21,23,37H2,1H3,(H,38,43)(H,39,42)/t25-,35+/m0/s1. The van der Waals surface area contributed by atoms with Crippen LogP contribution in [0.1, 0.15) is 37.2 Å². The van der Waals surface area contributed by atoms with Gasteiger partial charge in [-0.05, 0) is 61.4 Å². The third-order valence-electron chi connectivity index (χ3n) is 8.23. The van der Waals surface area contributed by atoms with Crippen molar-refractivity contribution in [3.8, 4) is 5.75 Å². The van der Waals surface area contributed by atoms with E-state index in [2.05, 4.69) is 10.6 Å². The van der Waals surface area contributed by atoms with Crippen molar-refractivity contribution >= 4 is 44.2 Å². The van der Waals surface area contributed by atoms with Gasteiger partial charge < -0.3 is 40.1 Å². The number of sulfonamides is 1. The van der Waals surface area contributed by atoms with Gasteiger partial charge in [0.05, 0.1) is 42.9 Å². The molecule has 2 heterocycles. The molecule has 3 aromatic carbocycles. The molecule has 5 rings (SSSR count). The van der Waals surface area contributed by atoms with Crippen molar-refractivity contribution in [1.82, 2.24) is 9.62 Å². The Morgan fingerprint density at radius 2 is 1.78 bits per heavy atom. The number of carbonyl (C=O) groups is 2. The number of amides is 2. The topological polar surface area (TPSA) is 183 Å². The molecule has 1 aromatic heterocycles. The Morgan fingerprint density at radius 1 is 1.02 bits per heavy atom. The largest absolute Gasteiger partial charge is 0.497 e. The van der Waals surface area contributed by atoms with Gasteiger partial charge in [-0.3, -0.25) is 9.59 Å². The number of rotatable bonds is 17. The second-order valence-electron chi connectivity index (χ2n) is 11.6. The Kier molecular flexibility index (Phi) is 12.5. The number of nitrogens with one attached hydrogen (secondary N) is 2. The van der Waals surface area contributed by atoms with E-state index >= 15 is 0 Å². The molecule has 50 heavy (non-hydrogen) atoms. The van der Waals surface area contributed by atoms with Crippen molar-refractivity contribution in [3.05, 3.63) is 96.5 Å². The first kappa shape index (κ1) is 36.4. The van der Waals surface area contributed by atoms with Crippen LogP contribution in [-0.4, -0.2) is 75.9 Å². The molecule has 1 aliphatic rings. The molecular weight excluding hydrogens is 664 g/mol. The van der Waals surface area contributed by atoms with E-state index in [9.17, 15) is 23.1 Å². The normalized spacial score (nSPS) is 16.1. The van der Waals surface area contributed by atoms with Gasteiger partial charge in [-0.1, -0.05) is 30.3 Å². The molecular formula is C36H42N4O9S. The van der Waals surface area contributed by atoms with Crippen LogP contribution in [-0.2, 0) is 29.1 Å². The van der Waals surface area contributed by atoms with Gasteiger partial charge in [-0.15, -0.1) is 0 Å². The number of hydrogen-bond donors (Lipinski definition) is 4. The Hall–Kier alpha value is -4.89. The van der Waals surface area contributed by atoms with Gasteiger partial charge in [0, 0.05) is 49.3 Å². The number of nitrogen functional groups attached to an aromatic ring is 1. The molecule has 0 radical (unpaired) electrons. The molecule has 13 nitrogen and oxygen atoms in total. The summed E-state index contributed by atoms with van der Waals surface area (Å²) in [6.45, 7) is -0.342. The maximum absolute atomic E-state index is 13.3. The molecule has 0 bridgehead atoms. The van der Waals surface area contributed by atoms with Crippen LogP contribution in [0.3, 0.4) is 0 Å². The first-order valence-corrected chi connectivity index (χ1v) is 17.8. The summed E-state index contributed by atoms with van der Waals surface area (Å²) in [5.41, 5.74) is 8.50. The lowest BCUT2D eigenvalue weighted by Gasteiger charge is -2.30. The van der Waals surface area contributed by atoms with Crippen molar-refractivity contribution in [3.63, 3.8) is 0 Å². The fraction of sp³-hybridized carbons (Fsp3) is 0.333.